The van der Waals surface area contributed by atoms with Crippen molar-refractivity contribution >= 4 is 12.1 Å². The third-order valence-corrected chi connectivity index (χ3v) is 3.98. The van der Waals surface area contributed by atoms with Crippen molar-refractivity contribution in [2.75, 3.05) is 20.2 Å². The molecular weight excluding hydrogens is 324 g/mol. The van der Waals surface area contributed by atoms with Crippen molar-refractivity contribution in [1.29, 1.82) is 0 Å². The van der Waals surface area contributed by atoms with Gasteiger partial charge in [-0.05, 0) is 39.3 Å². The molecule has 0 saturated carbocycles. The van der Waals surface area contributed by atoms with Crippen LogP contribution < -0.4 is 0 Å². The zero-order chi connectivity index (χ0) is 18.6. The molecule has 0 spiro atoms. The van der Waals surface area contributed by atoms with Gasteiger partial charge in [-0.25, -0.2) is 9.59 Å². The lowest BCUT2D eigenvalue weighted by atomic mass is 10.2. The third-order valence-electron chi connectivity index (χ3n) is 3.98. The van der Waals surface area contributed by atoms with Gasteiger partial charge in [0.15, 0.2) is 0 Å². The summed E-state index contributed by atoms with van der Waals surface area (Å²) in [7, 11) is 1.65. The van der Waals surface area contributed by atoms with Gasteiger partial charge >= 0.3 is 12.1 Å². The van der Waals surface area contributed by atoms with Crippen LogP contribution in [0, 0.1) is 0 Å². The van der Waals surface area contributed by atoms with E-state index in [1.54, 1.807) is 52.1 Å². The zero-order valence-electron chi connectivity index (χ0n) is 15.1. The van der Waals surface area contributed by atoms with Gasteiger partial charge in [-0.2, -0.15) is 0 Å². The summed E-state index contributed by atoms with van der Waals surface area (Å²) < 4.78 is 5.38. The average Bonchev–Trinajstić information content (AvgIpc) is 2.98. The van der Waals surface area contributed by atoms with E-state index in [1.165, 1.54) is 9.96 Å². The molecule has 1 saturated heterocycles. The summed E-state index contributed by atoms with van der Waals surface area (Å²) in [6.07, 6.45) is 0.0192. The molecule has 1 amide bonds. The number of carbonyl (C=O) groups excluding carboxylic acids is 2. The number of amides is 1. The van der Waals surface area contributed by atoms with Gasteiger partial charge in [0.25, 0.3) is 0 Å². The normalized spacial score (nSPS) is 20.6. The van der Waals surface area contributed by atoms with E-state index in [0.29, 0.717) is 18.5 Å². The fraction of sp³-hybridized carbons (Fsp3) is 0.556. The number of hydroxylamine groups is 2. The fourth-order valence-corrected chi connectivity index (χ4v) is 2.70. The number of likely N-dealkylation sites (N-methyl/N-ethyl adjacent to an activating group) is 1. The maximum absolute atomic E-state index is 12.3. The first-order chi connectivity index (χ1) is 11.7. The average molecular weight is 350 g/mol. The number of hydrogen-bond donors (Lipinski definition) is 1. The largest absolute Gasteiger partial charge is 0.444 e. The van der Waals surface area contributed by atoms with Crippen LogP contribution in [0.2, 0.25) is 0 Å². The zero-order valence-corrected chi connectivity index (χ0v) is 15.1. The van der Waals surface area contributed by atoms with E-state index in [2.05, 4.69) is 0 Å². The van der Waals surface area contributed by atoms with Crippen molar-refractivity contribution in [3.8, 4) is 0 Å². The van der Waals surface area contributed by atoms with Crippen molar-refractivity contribution in [3.05, 3.63) is 35.9 Å². The van der Waals surface area contributed by atoms with Gasteiger partial charge in [0, 0.05) is 13.6 Å². The first-order valence-electron chi connectivity index (χ1n) is 8.32. The third kappa shape index (κ3) is 5.17. The lowest BCUT2D eigenvalue weighted by molar-refractivity contribution is -0.115. The number of carbonyl (C=O) groups is 2. The summed E-state index contributed by atoms with van der Waals surface area (Å²) in [6, 6.07) is 8.12. The monoisotopic (exact) mass is 350 g/mol. The molecule has 0 aliphatic carbocycles. The molecule has 0 unspecified atom stereocenters. The number of aliphatic hydroxyl groups is 1. The molecule has 1 aliphatic rings. The molecule has 0 aromatic heterocycles. The van der Waals surface area contributed by atoms with E-state index < -0.39 is 17.7 Å². The maximum Gasteiger partial charge on any atom is 0.410 e. The summed E-state index contributed by atoms with van der Waals surface area (Å²) in [5, 5.41) is 11.0. The highest BCUT2D eigenvalue weighted by molar-refractivity contribution is 5.89. The van der Waals surface area contributed by atoms with Crippen LogP contribution >= 0.6 is 0 Å². The molecule has 7 heteroatoms. The van der Waals surface area contributed by atoms with Crippen LogP contribution in [0.5, 0.6) is 0 Å². The Morgan fingerprint density at radius 2 is 1.92 bits per heavy atom. The van der Waals surface area contributed by atoms with E-state index in [4.69, 9.17) is 9.57 Å². The van der Waals surface area contributed by atoms with E-state index in [-0.39, 0.29) is 18.7 Å². The SMILES string of the molecule is CN(OC(=O)c1ccccc1)[C@@H]1C[C@H](CO)N(C(=O)OC(C)(C)C)C1. The predicted octanol–water partition coefficient (Wildman–Crippen LogP) is 2.06. The number of nitrogens with zero attached hydrogens (tertiary/aromatic N) is 2. The predicted molar refractivity (Wildman–Crippen MR) is 91.8 cm³/mol. The Labute approximate surface area is 148 Å². The van der Waals surface area contributed by atoms with Gasteiger partial charge in [-0.1, -0.05) is 18.2 Å². The standard InChI is InChI=1S/C18H26N2O5/c1-18(2,3)24-17(23)20-11-14(10-15(20)12-21)19(4)25-16(22)13-8-6-5-7-9-13/h5-9,14-15,21H,10-12H2,1-4H3/t14-,15-/m1/s1. The Hall–Kier alpha value is -2.12. The Morgan fingerprint density at radius 1 is 1.28 bits per heavy atom. The molecule has 1 fully saturated rings. The minimum Gasteiger partial charge on any atom is -0.444 e. The quantitative estimate of drug-likeness (QED) is 0.838. The van der Waals surface area contributed by atoms with Crippen molar-refractivity contribution in [3.63, 3.8) is 0 Å². The van der Waals surface area contributed by atoms with Crippen LogP contribution in [-0.2, 0) is 9.57 Å². The van der Waals surface area contributed by atoms with E-state index in [1.807, 2.05) is 6.07 Å². The highest BCUT2D eigenvalue weighted by atomic mass is 16.7. The molecule has 1 aliphatic heterocycles. The van der Waals surface area contributed by atoms with Crippen LogP contribution in [0.4, 0.5) is 4.79 Å². The first kappa shape index (κ1) is 19.2. The lowest BCUT2D eigenvalue weighted by Gasteiger charge is -2.28. The highest BCUT2D eigenvalue weighted by Gasteiger charge is 2.39. The van der Waals surface area contributed by atoms with Gasteiger partial charge in [-0.3, -0.25) is 0 Å². The van der Waals surface area contributed by atoms with Gasteiger partial charge in [0.2, 0.25) is 0 Å². The van der Waals surface area contributed by atoms with E-state index in [9.17, 15) is 14.7 Å². The summed E-state index contributed by atoms with van der Waals surface area (Å²) in [5.74, 6) is -0.459. The number of aliphatic hydroxyl groups excluding tert-OH is 1. The van der Waals surface area contributed by atoms with Crippen LogP contribution in [0.15, 0.2) is 30.3 Å². The molecule has 138 valence electrons. The molecule has 25 heavy (non-hydrogen) atoms. The van der Waals surface area contributed by atoms with Crippen LogP contribution in [0.25, 0.3) is 0 Å². The number of benzene rings is 1. The number of rotatable bonds is 4. The number of hydrogen-bond acceptors (Lipinski definition) is 6. The summed E-state index contributed by atoms with van der Waals surface area (Å²) in [5.41, 5.74) is -0.157. The fourth-order valence-electron chi connectivity index (χ4n) is 2.70. The second-order valence-corrected chi connectivity index (χ2v) is 7.15. The van der Waals surface area contributed by atoms with Crippen molar-refractivity contribution < 1.29 is 24.3 Å². The van der Waals surface area contributed by atoms with Crippen LogP contribution in [0.1, 0.15) is 37.6 Å². The van der Waals surface area contributed by atoms with Gasteiger partial charge in [0.05, 0.1) is 24.3 Å². The van der Waals surface area contributed by atoms with Gasteiger partial charge in [-0.15, -0.1) is 5.06 Å². The minimum absolute atomic E-state index is 0.170. The molecule has 1 aromatic carbocycles. The molecule has 7 nitrogen and oxygen atoms in total. The smallest absolute Gasteiger partial charge is 0.410 e. The number of ether oxygens (including phenoxy) is 1. The molecule has 0 radical (unpaired) electrons. The summed E-state index contributed by atoms with van der Waals surface area (Å²) in [4.78, 5) is 31.3. The minimum atomic E-state index is -0.610. The maximum atomic E-state index is 12.3. The Kier molecular flexibility index (Phi) is 6.02. The number of likely N-dealkylation sites (tertiary alicyclic amines) is 1. The molecule has 2 rings (SSSR count). The molecule has 1 aromatic rings. The second kappa shape index (κ2) is 7.84. The molecular formula is C18H26N2O5. The highest BCUT2D eigenvalue weighted by Crippen LogP contribution is 2.24. The van der Waals surface area contributed by atoms with Crippen molar-refractivity contribution in [2.24, 2.45) is 0 Å². The van der Waals surface area contributed by atoms with E-state index in [0.717, 1.165) is 0 Å². The van der Waals surface area contributed by atoms with Gasteiger partial charge in [0.1, 0.15) is 5.60 Å². The first-order valence-corrected chi connectivity index (χ1v) is 8.32. The van der Waals surface area contributed by atoms with Crippen LogP contribution in [0.3, 0.4) is 0 Å². The molecule has 2 atom stereocenters. The van der Waals surface area contributed by atoms with Crippen molar-refractivity contribution in [2.45, 2.75) is 44.9 Å². The van der Waals surface area contributed by atoms with Crippen LogP contribution in [-0.4, -0.2) is 65.0 Å². The second-order valence-electron chi connectivity index (χ2n) is 7.15. The topological polar surface area (TPSA) is 79.3 Å². The Bertz CT molecular complexity index is 599. The summed E-state index contributed by atoms with van der Waals surface area (Å²) in [6.45, 7) is 5.52. The molecule has 1 N–H and O–H groups in total. The molecule has 1 heterocycles. The van der Waals surface area contributed by atoms with Crippen molar-refractivity contribution in [1.82, 2.24) is 9.96 Å². The Morgan fingerprint density at radius 3 is 2.48 bits per heavy atom. The molecule has 0 bridgehead atoms. The summed E-state index contributed by atoms with van der Waals surface area (Å²) >= 11 is 0. The van der Waals surface area contributed by atoms with E-state index >= 15 is 0 Å². The lowest BCUT2D eigenvalue weighted by Crippen LogP contribution is -2.42. The van der Waals surface area contributed by atoms with Gasteiger partial charge < -0.3 is 19.6 Å². The Balaban J connectivity index is 1.98.